The Morgan fingerprint density at radius 1 is 1.64 bits per heavy atom. The summed E-state index contributed by atoms with van der Waals surface area (Å²) in [5.41, 5.74) is 0. The molecule has 0 aliphatic rings. The third-order valence-electron chi connectivity index (χ3n) is 1.15. The molecule has 0 aromatic rings. The van der Waals surface area contributed by atoms with E-state index in [9.17, 15) is 13.6 Å². The van der Waals surface area contributed by atoms with Crippen LogP contribution in [0, 0.1) is 0 Å². The molecule has 0 amide bonds. The second kappa shape index (κ2) is 6.58. The van der Waals surface area contributed by atoms with Gasteiger partial charge in [0, 0.05) is 12.2 Å². The minimum Gasteiger partial charge on any atom is -0.287 e. The highest BCUT2D eigenvalue weighted by molar-refractivity contribution is 8.13. The molecule has 0 fully saturated rings. The molecule has 0 aromatic heterocycles. The van der Waals surface area contributed by atoms with E-state index in [1.165, 1.54) is 0 Å². The smallest absolute Gasteiger partial charge is 0.188 e. The van der Waals surface area contributed by atoms with Crippen LogP contribution in [0.1, 0.15) is 19.8 Å². The van der Waals surface area contributed by atoms with Crippen molar-refractivity contribution < 1.29 is 13.6 Å². The molecule has 0 heterocycles. The van der Waals surface area contributed by atoms with E-state index in [2.05, 4.69) is 0 Å². The molecule has 0 radical (unpaired) electrons. The maximum Gasteiger partial charge on any atom is 0.188 e. The van der Waals surface area contributed by atoms with E-state index >= 15 is 0 Å². The van der Waals surface area contributed by atoms with Crippen LogP contribution < -0.4 is 0 Å². The Morgan fingerprint density at radius 2 is 2.27 bits per heavy atom. The number of carbonyl (C=O) groups excluding carboxylic acids is 1. The van der Waals surface area contributed by atoms with Gasteiger partial charge in [-0.3, -0.25) is 4.79 Å². The predicted octanol–water partition coefficient (Wildman–Crippen LogP) is 2.35. The van der Waals surface area contributed by atoms with Crippen molar-refractivity contribution in [3.05, 3.63) is 0 Å². The molecule has 0 aliphatic carbocycles. The molecular formula is C7H12F2OS. The summed E-state index contributed by atoms with van der Waals surface area (Å²) in [6.45, 7) is 0.804. The Bertz CT molecular complexity index is 119. The van der Waals surface area contributed by atoms with Crippen LogP contribution in [0.15, 0.2) is 0 Å². The van der Waals surface area contributed by atoms with Crippen molar-refractivity contribution in [2.75, 3.05) is 12.4 Å². The van der Waals surface area contributed by atoms with Gasteiger partial charge in [-0.1, -0.05) is 18.7 Å². The topological polar surface area (TPSA) is 17.1 Å². The largest absolute Gasteiger partial charge is 0.287 e. The van der Waals surface area contributed by atoms with Gasteiger partial charge >= 0.3 is 0 Å². The third kappa shape index (κ3) is 6.28. The summed E-state index contributed by atoms with van der Waals surface area (Å²) in [6, 6.07) is 0. The Morgan fingerprint density at radius 3 is 2.73 bits per heavy atom. The average Bonchev–Trinajstić information content (AvgIpc) is 2.04. The minimum atomic E-state index is -1.40. The number of thioether (sulfide) groups is 1. The van der Waals surface area contributed by atoms with E-state index < -0.39 is 12.8 Å². The average molecular weight is 182 g/mol. The summed E-state index contributed by atoms with van der Waals surface area (Å²) in [5, 5.41) is 0.0380. The predicted molar refractivity (Wildman–Crippen MR) is 43.2 cm³/mol. The Balaban J connectivity index is 3.20. The van der Waals surface area contributed by atoms with Crippen LogP contribution in [-0.2, 0) is 4.79 Å². The van der Waals surface area contributed by atoms with Gasteiger partial charge in [-0.2, -0.15) is 0 Å². The minimum absolute atomic E-state index is 0.0380. The van der Waals surface area contributed by atoms with Crippen molar-refractivity contribution in [3.63, 3.8) is 0 Å². The van der Waals surface area contributed by atoms with Gasteiger partial charge in [0.1, 0.15) is 12.8 Å². The van der Waals surface area contributed by atoms with Gasteiger partial charge in [-0.05, 0) is 6.42 Å². The van der Waals surface area contributed by atoms with Gasteiger partial charge in [0.2, 0.25) is 0 Å². The lowest BCUT2D eigenvalue weighted by atomic mass is 10.3. The molecule has 0 saturated heterocycles. The summed E-state index contributed by atoms with van der Waals surface area (Å²) in [4.78, 5) is 10.6. The maximum absolute atomic E-state index is 12.2. The van der Waals surface area contributed by atoms with E-state index in [4.69, 9.17) is 0 Å². The molecule has 11 heavy (non-hydrogen) atoms. The number of hydrogen-bond donors (Lipinski definition) is 0. The SMILES string of the molecule is CCC(=O)SCCC(F)CF. The second-order valence-corrected chi connectivity index (χ2v) is 3.27. The van der Waals surface area contributed by atoms with Crippen LogP contribution in [-0.4, -0.2) is 23.7 Å². The standard InChI is InChI=1S/C7H12F2OS/c1-2-7(10)11-4-3-6(9)5-8/h6H,2-5H2,1H3. The quantitative estimate of drug-likeness (QED) is 0.649. The van der Waals surface area contributed by atoms with E-state index in [0.717, 1.165) is 11.8 Å². The molecule has 1 atom stereocenters. The van der Waals surface area contributed by atoms with Crippen molar-refractivity contribution in [2.45, 2.75) is 25.9 Å². The molecule has 0 bridgehead atoms. The molecule has 66 valence electrons. The first-order valence-corrected chi connectivity index (χ1v) is 4.55. The molecule has 0 saturated carbocycles. The Labute approximate surface area is 69.5 Å². The highest BCUT2D eigenvalue weighted by Gasteiger charge is 2.06. The van der Waals surface area contributed by atoms with Gasteiger partial charge in [0.15, 0.2) is 5.12 Å². The van der Waals surface area contributed by atoms with Crippen molar-refractivity contribution >= 4 is 16.9 Å². The van der Waals surface area contributed by atoms with Crippen LogP contribution >= 0.6 is 11.8 Å². The van der Waals surface area contributed by atoms with Crippen LogP contribution in [0.2, 0.25) is 0 Å². The van der Waals surface area contributed by atoms with Gasteiger partial charge in [0.05, 0.1) is 0 Å². The molecule has 0 rings (SSSR count). The summed E-state index contributed by atoms with van der Waals surface area (Å²) in [6.07, 6.45) is -0.809. The number of alkyl halides is 2. The number of halogens is 2. The molecule has 1 unspecified atom stereocenters. The zero-order valence-electron chi connectivity index (χ0n) is 6.48. The summed E-state index contributed by atoms with van der Waals surface area (Å²) < 4.78 is 23.7. The number of carbonyl (C=O) groups is 1. The van der Waals surface area contributed by atoms with E-state index in [1.807, 2.05) is 0 Å². The van der Waals surface area contributed by atoms with E-state index in [0.29, 0.717) is 12.2 Å². The fraction of sp³-hybridized carbons (Fsp3) is 0.857. The molecule has 0 spiro atoms. The summed E-state index contributed by atoms with van der Waals surface area (Å²) in [7, 11) is 0. The lowest BCUT2D eigenvalue weighted by molar-refractivity contribution is -0.110. The van der Waals surface area contributed by atoms with Gasteiger partial charge in [-0.25, -0.2) is 8.78 Å². The zero-order chi connectivity index (χ0) is 8.69. The first-order chi connectivity index (χ1) is 5.20. The highest BCUT2D eigenvalue weighted by Crippen LogP contribution is 2.10. The van der Waals surface area contributed by atoms with Crippen molar-refractivity contribution in [1.82, 2.24) is 0 Å². The molecule has 0 aliphatic heterocycles. The molecule has 4 heteroatoms. The van der Waals surface area contributed by atoms with E-state index in [-0.39, 0.29) is 11.5 Å². The molecular weight excluding hydrogens is 170 g/mol. The van der Waals surface area contributed by atoms with E-state index in [1.54, 1.807) is 6.92 Å². The third-order valence-corrected chi connectivity index (χ3v) is 2.20. The maximum atomic E-state index is 12.2. The lowest BCUT2D eigenvalue weighted by Crippen LogP contribution is -2.04. The molecule has 1 nitrogen and oxygen atoms in total. The zero-order valence-corrected chi connectivity index (χ0v) is 7.29. The van der Waals surface area contributed by atoms with Gasteiger partial charge < -0.3 is 0 Å². The number of hydrogen-bond acceptors (Lipinski definition) is 2. The van der Waals surface area contributed by atoms with Crippen LogP contribution in [0.25, 0.3) is 0 Å². The van der Waals surface area contributed by atoms with Crippen LogP contribution in [0.4, 0.5) is 8.78 Å². The van der Waals surface area contributed by atoms with Crippen LogP contribution in [0.5, 0.6) is 0 Å². The van der Waals surface area contributed by atoms with Crippen molar-refractivity contribution in [3.8, 4) is 0 Å². The van der Waals surface area contributed by atoms with Crippen LogP contribution in [0.3, 0.4) is 0 Å². The fourth-order valence-electron chi connectivity index (χ4n) is 0.480. The Hall–Kier alpha value is -0.120. The van der Waals surface area contributed by atoms with Gasteiger partial charge in [0.25, 0.3) is 0 Å². The molecule has 0 aromatic carbocycles. The lowest BCUT2D eigenvalue weighted by Gasteiger charge is -2.00. The highest BCUT2D eigenvalue weighted by atomic mass is 32.2. The first-order valence-electron chi connectivity index (χ1n) is 3.56. The molecule has 0 N–H and O–H groups in total. The Kier molecular flexibility index (Phi) is 6.51. The van der Waals surface area contributed by atoms with Crippen molar-refractivity contribution in [2.24, 2.45) is 0 Å². The summed E-state index contributed by atoms with van der Waals surface area (Å²) >= 11 is 1.07. The normalized spacial score (nSPS) is 13.0. The van der Waals surface area contributed by atoms with Crippen molar-refractivity contribution in [1.29, 1.82) is 0 Å². The summed E-state index contributed by atoms with van der Waals surface area (Å²) in [5.74, 6) is 0.387. The second-order valence-electron chi connectivity index (χ2n) is 2.11. The number of rotatable bonds is 5. The first kappa shape index (κ1) is 10.9. The fourth-order valence-corrected chi connectivity index (χ4v) is 1.29. The van der Waals surface area contributed by atoms with Gasteiger partial charge in [-0.15, -0.1) is 0 Å². The monoisotopic (exact) mass is 182 g/mol.